The molecule has 0 aromatic heterocycles. The van der Waals surface area contributed by atoms with Crippen molar-refractivity contribution in [1.29, 1.82) is 0 Å². The quantitative estimate of drug-likeness (QED) is 0.492. The lowest BCUT2D eigenvalue weighted by Gasteiger charge is -2.44. The first-order chi connectivity index (χ1) is 15.8. The van der Waals surface area contributed by atoms with Crippen molar-refractivity contribution in [1.82, 2.24) is 0 Å². The zero-order valence-corrected chi connectivity index (χ0v) is 18.8. The van der Waals surface area contributed by atoms with Crippen LogP contribution in [0, 0.1) is 12.8 Å². The van der Waals surface area contributed by atoms with Gasteiger partial charge in [0.2, 0.25) is 0 Å². The molecule has 2 aromatic rings. The fourth-order valence-electron chi connectivity index (χ4n) is 4.99. The molecule has 0 spiro atoms. The molecule has 0 aliphatic heterocycles. The van der Waals surface area contributed by atoms with Gasteiger partial charge in [0.25, 0.3) is 0 Å². The van der Waals surface area contributed by atoms with E-state index < -0.39 is 0 Å². The highest BCUT2D eigenvalue weighted by Crippen LogP contribution is 2.45. The molecule has 158 valence electrons. The Bertz CT molecular complexity index is 1200. The van der Waals surface area contributed by atoms with Crippen LogP contribution >= 0.6 is 0 Å². The molecule has 0 N–H and O–H groups in total. The minimum atomic E-state index is 0.165. The van der Waals surface area contributed by atoms with Crippen LogP contribution in [-0.2, 0) is 0 Å². The lowest BCUT2D eigenvalue weighted by atomic mass is 9.72. The highest BCUT2D eigenvalue weighted by atomic mass is 15.2. The summed E-state index contributed by atoms with van der Waals surface area (Å²) >= 11 is 0. The third kappa shape index (κ3) is 3.76. The number of aryl methyl sites for hydroxylation is 1. The minimum Gasteiger partial charge on any atom is -0.333 e. The van der Waals surface area contributed by atoms with E-state index in [2.05, 4.69) is 134 Å². The van der Waals surface area contributed by atoms with E-state index in [9.17, 15) is 0 Å². The molecular formula is C31H29N. The average molecular weight is 416 g/mol. The molecule has 0 fully saturated rings. The van der Waals surface area contributed by atoms with E-state index >= 15 is 0 Å². The average Bonchev–Trinajstić information content (AvgIpc) is 2.86. The van der Waals surface area contributed by atoms with Crippen LogP contribution in [0.25, 0.3) is 0 Å². The Labute approximate surface area is 191 Å². The minimum absolute atomic E-state index is 0.165. The maximum atomic E-state index is 2.54. The van der Waals surface area contributed by atoms with Crippen molar-refractivity contribution in [2.75, 3.05) is 4.90 Å². The van der Waals surface area contributed by atoms with Crippen LogP contribution in [0.1, 0.15) is 18.9 Å². The van der Waals surface area contributed by atoms with Crippen LogP contribution in [0.5, 0.6) is 0 Å². The summed E-state index contributed by atoms with van der Waals surface area (Å²) in [5, 5.41) is 0. The van der Waals surface area contributed by atoms with Crippen LogP contribution in [0.15, 0.2) is 138 Å². The third-order valence-electron chi connectivity index (χ3n) is 6.54. The van der Waals surface area contributed by atoms with Crippen molar-refractivity contribution in [3.8, 4) is 0 Å². The zero-order chi connectivity index (χ0) is 21.9. The number of para-hydroxylation sites is 1. The van der Waals surface area contributed by atoms with Crippen molar-refractivity contribution in [3.05, 3.63) is 143 Å². The van der Waals surface area contributed by atoms with E-state index in [-0.39, 0.29) is 12.0 Å². The largest absolute Gasteiger partial charge is 0.333 e. The predicted molar refractivity (Wildman–Crippen MR) is 137 cm³/mol. The molecule has 0 radical (unpaired) electrons. The smallest absolute Gasteiger partial charge is 0.0703 e. The van der Waals surface area contributed by atoms with E-state index in [1.807, 2.05) is 0 Å². The van der Waals surface area contributed by atoms with Gasteiger partial charge in [-0.15, -0.1) is 0 Å². The number of hydrogen-bond acceptors (Lipinski definition) is 1. The molecule has 0 saturated carbocycles. The Morgan fingerprint density at radius 3 is 2.31 bits per heavy atom. The molecule has 3 aliphatic carbocycles. The summed E-state index contributed by atoms with van der Waals surface area (Å²) in [5.41, 5.74) is 9.24. The topological polar surface area (TPSA) is 3.24 Å². The van der Waals surface area contributed by atoms with Gasteiger partial charge in [-0.2, -0.15) is 0 Å². The van der Waals surface area contributed by atoms with Gasteiger partial charge in [0.15, 0.2) is 0 Å². The summed E-state index contributed by atoms with van der Waals surface area (Å²) in [6.07, 6.45) is 23.5. The summed E-state index contributed by atoms with van der Waals surface area (Å²) in [6.45, 7) is 4.31. The van der Waals surface area contributed by atoms with Crippen molar-refractivity contribution in [3.63, 3.8) is 0 Å². The van der Waals surface area contributed by atoms with Crippen LogP contribution < -0.4 is 4.90 Å². The lowest BCUT2D eigenvalue weighted by molar-refractivity contribution is 0.607. The zero-order valence-electron chi connectivity index (χ0n) is 18.8. The molecule has 0 bridgehead atoms. The molecule has 5 rings (SSSR count). The van der Waals surface area contributed by atoms with Gasteiger partial charge in [-0.1, -0.05) is 96.7 Å². The second-order valence-electron chi connectivity index (χ2n) is 8.57. The van der Waals surface area contributed by atoms with Crippen molar-refractivity contribution >= 4 is 11.4 Å². The number of benzene rings is 2. The van der Waals surface area contributed by atoms with Crippen LogP contribution in [-0.4, -0.2) is 6.04 Å². The maximum Gasteiger partial charge on any atom is 0.0703 e. The Hall–Kier alpha value is -3.58. The fourth-order valence-corrected chi connectivity index (χ4v) is 4.99. The standard InChI is InChI=1S/C31H29N/c1-3-24-22-26-14-10-11-17-29(26)31(30(24)25-12-6-4-7-13-25)32(27-15-8-5-9-16-27)28-20-18-23(2)19-21-28/h3-12,14-22,29,31H,13H2,1-2H3/b24-3-,30-25+. The number of rotatable bonds is 3. The number of anilines is 2. The second kappa shape index (κ2) is 8.88. The molecular weight excluding hydrogens is 386 g/mol. The predicted octanol–water partition coefficient (Wildman–Crippen LogP) is 7.94. The molecule has 0 saturated heterocycles. The SMILES string of the molecule is C/C=C1/C=C2C=CC=CC2C(N(c2ccccc2)c2ccc(C)cc2)/C1=C1\C=CC=CC1. The van der Waals surface area contributed by atoms with E-state index in [0.717, 1.165) is 6.42 Å². The monoisotopic (exact) mass is 415 g/mol. The van der Waals surface area contributed by atoms with Gasteiger partial charge in [0, 0.05) is 17.3 Å². The molecule has 2 aromatic carbocycles. The highest BCUT2D eigenvalue weighted by Gasteiger charge is 2.38. The Morgan fingerprint density at radius 1 is 0.844 bits per heavy atom. The van der Waals surface area contributed by atoms with E-state index in [1.54, 1.807) is 0 Å². The van der Waals surface area contributed by atoms with Crippen molar-refractivity contribution in [2.24, 2.45) is 5.92 Å². The Morgan fingerprint density at radius 2 is 1.59 bits per heavy atom. The summed E-state index contributed by atoms with van der Waals surface area (Å²) in [5.74, 6) is 0.284. The summed E-state index contributed by atoms with van der Waals surface area (Å²) < 4.78 is 0. The highest BCUT2D eigenvalue weighted by molar-refractivity contribution is 5.71. The molecule has 0 heterocycles. The van der Waals surface area contributed by atoms with Gasteiger partial charge in [0.1, 0.15) is 0 Å². The van der Waals surface area contributed by atoms with Crippen LogP contribution in [0.4, 0.5) is 11.4 Å². The normalized spacial score (nSPS) is 25.1. The van der Waals surface area contributed by atoms with Crippen LogP contribution in [0.2, 0.25) is 0 Å². The van der Waals surface area contributed by atoms with Crippen molar-refractivity contribution < 1.29 is 0 Å². The number of nitrogens with zero attached hydrogens (tertiary/aromatic N) is 1. The molecule has 3 aliphatic rings. The van der Waals surface area contributed by atoms with E-state index in [0.29, 0.717) is 0 Å². The first-order valence-electron chi connectivity index (χ1n) is 11.5. The van der Waals surface area contributed by atoms with Gasteiger partial charge < -0.3 is 4.90 Å². The Kier molecular flexibility index (Phi) is 5.64. The second-order valence-corrected chi connectivity index (χ2v) is 8.57. The first kappa shape index (κ1) is 20.3. The van der Waals surface area contributed by atoms with Crippen molar-refractivity contribution in [2.45, 2.75) is 26.3 Å². The van der Waals surface area contributed by atoms with Gasteiger partial charge >= 0.3 is 0 Å². The van der Waals surface area contributed by atoms with E-state index in [4.69, 9.17) is 0 Å². The number of hydrogen-bond donors (Lipinski definition) is 0. The van der Waals surface area contributed by atoms with Crippen LogP contribution in [0.3, 0.4) is 0 Å². The maximum absolute atomic E-state index is 2.54. The van der Waals surface area contributed by atoms with E-state index in [1.165, 1.54) is 39.2 Å². The summed E-state index contributed by atoms with van der Waals surface area (Å²) in [4.78, 5) is 2.54. The first-order valence-corrected chi connectivity index (χ1v) is 11.5. The molecule has 2 atom stereocenters. The molecule has 1 nitrogen and oxygen atoms in total. The van der Waals surface area contributed by atoms with Gasteiger partial charge in [-0.05, 0) is 66.8 Å². The van der Waals surface area contributed by atoms with Gasteiger partial charge in [0.05, 0.1) is 6.04 Å². The Balaban J connectivity index is 1.78. The lowest BCUT2D eigenvalue weighted by Crippen LogP contribution is -2.42. The fraction of sp³-hybridized carbons (Fsp3) is 0.161. The number of allylic oxidation sites excluding steroid dienone is 10. The summed E-state index contributed by atoms with van der Waals surface area (Å²) in [7, 11) is 0. The summed E-state index contributed by atoms with van der Waals surface area (Å²) in [6, 6.07) is 20.0. The molecule has 32 heavy (non-hydrogen) atoms. The van der Waals surface area contributed by atoms with Gasteiger partial charge in [-0.25, -0.2) is 0 Å². The molecule has 0 amide bonds. The van der Waals surface area contributed by atoms with Gasteiger partial charge in [-0.3, -0.25) is 0 Å². The molecule has 1 heteroatoms. The third-order valence-corrected chi connectivity index (χ3v) is 6.54. The number of fused-ring (bicyclic) bond motifs is 1. The molecule has 2 unspecified atom stereocenters.